The third-order valence-electron chi connectivity index (χ3n) is 3.55. The molecule has 1 fully saturated rings. The first-order valence-electron chi connectivity index (χ1n) is 6.84. The van der Waals surface area contributed by atoms with E-state index in [2.05, 4.69) is 38.2 Å². The van der Waals surface area contributed by atoms with Crippen molar-refractivity contribution in [3.8, 4) is 0 Å². The SMILES string of the molecule is CCCN(c1cnn(C)c(=O)c1Br)C1CCCNC1. The lowest BCUT2D eigenvalue weighted by Gasteiger charge is -2.36. The Bertz CT molecular complexity index is 482. The van der Waals surface area contributed by atoms with Crippen molar-refractivity contribution >= 4 is 21.6 Å². The average molecular weight is 329 g/mol. The zero-order valence-corrected chi connectivity index (χ0v) is 13.1. The molecule has 0 bridgehead atoms. The third kappa shape index (κ3) is 3.17. The van der Waals surface area contributed by atoms with Gasteiger partial charge in [0.2, 0.25) is 0 Å². The molecule has 106 valence electrons. The van der Waals surface area contributed by atoms with Crippen molar-refractivity contribution in [1.29, 1.82) is 0 Å². The second-order valence-electron chi connectivity index (χ2n) is 4.97. The molecule has 1 atom stereocenters. The highest BCUT2D eigenvalue weighted by Crippen LogP contribution is 2.25. The van der Waals surface area contributed by atoms with Gasteiger partial charge in [-0.05, 0) is 41.7 Å². The molecule has 1 unspecified atom stereocenters. The molecule has 0 radical (unpaired) electrons. The fourth-order valence-corrected chi connectivity index (χ4v) is 3.13. The standard InChI is InChI=1S/C13H21BrN4O/c1-3-7-18(10-5-4-6-15-8-10)11-9-16-17(2)13(19)12(11)14/h9-10,15H,3-8H2,1-2H3. The van der Waals surface area contributed by atoms with Crippen LogP contribution in [0.25, 0.3) is 0 Å². The Hall–Kier alpha value is -0.880. The first kappa shape index (κ1) is 14.5. The number of halogens is 1. The number of anilines is 1. The van der Waals surface area contributed by atoms with Crippen LogP contribution in [0.15, 0.2) is 15.5 Å². The van der Waals surface area contributed by atoms with E-state index in [-0.39, 0.29) is 5.56 Å². The second-order valence-corrected chi connectivity index (χ2v) is 5.76. The molecule has 0 spiro atoms. The fraction of sp³-hybridized carbons (Fsp3) is 0.692. The summed E-state index contributed by atoms with van der Waals surface area (Å²) in [6, 6.07) is 0.443. The Balaban J connectivity index is 2.33. The number of aryl methyl sites for hydroxylation is 1. The van der Waals surface area contributed by atoms with E-state index in [9.17, 15) is 4.79 Å². The molecular formula is C13H21BrN4O. The van der Waals surface area contributed by atoms with E-state index in [1.165, 1.54) is 11.1 Å². The lowest BCUT2D eigenvalue weighted by molar-refractivity contribution is 0.429. The monoisotopic (exact) mass is 328 g/mol. The Morgan fingerprint density at radius 2 is 2.42 bits per heavy atom. The highest BCUT2D eigenvalue weighted by Gasteiger charge is 2.23. The normalized spacial score (nSPS) is 19.4. The number of hydrogen-bond acceptors (Lipinski definition) is 4. The summed E-state index contributed by atoms with van der Waals surface area (Å²) < 4.78 is 1.97. The predicted octanol–water partition coefficient (Wildman–Crippen LogP) is 1.51. The Morgan fingerprint density at radius 3 is 3.05 bits per heavy atom. The Labute approximate surface area is 122 Å². The van der Waals surface area contributed by atoms with Gasteiger partial charge in [-0.1, -0.05) is 6.92 Å². The van der Waals surface area contributed by atoms with E-state index in [0.29, 0.717) is 10.5 Å². The van der Waals surface area contributed by atoms with Crippen molar-refractivity contribution in [2.45, 2.75) is 32.2 Å². The highest BCUT2D eigenvalue weighted by atomic mass is 79.9. The lowest BCUT2D eigenvalue weighted by atomic mass is 10.1. The smallest absolute Gasteiger partial charge is 0.282 e. The van der Waals surface area contributed by atoms with Crippen LogP contribution in [0.3, 0.4) is 0 Å². The van der Waals surface area contributed by atoms with Crippen LogP contribution >= 0.6 is 15.9 Å². The number of piperidine rings is 1. The minimum absolute atomic E-state index is 0.0811. The number of rotatable bonds is 4. The van der Waals surface area contributed by atoms with Crippen molar-refractivity contribution in [1.82, 2.24) is 15.1 Å². The molecule has 1 aliphatic rings. The third-order valence-corrected chi connectivity index (χ3v) is 4.29. The maximum Gasteiger partial charge on any atom is 0.282 e. The minimum Gasteiger partial charge on any atom is -0.365 e. The molecule has 1 aliphatic heterocycles. The first-order chi connectivity index (χ1) is 9.15. The number of nitrogens with zero attached hydrogens (tertiary/aromatic N) is 3. The van der Waals surface area contributed by atoms with E-state index >= 15 is 0 Å². The summed E-state index contributed by atoms with van der Waals surface area (Å²) in [6.07, 6.45) is 5.18. The number of aromatic nitrogens is 2. The molecule has 5 nitrogen and oxygen atoms in total. The summed E-state index contributed by atoms with van der Waals surface area (Å²) in [5, 5.41) is 7.58. The molecule has 2 heterocycles. The molecule has 1 aromatic heterocycles. The van der Waals surface area contributed by atoms with Gasteiger partial charge in [0.15, 0.2) is 0 Å². The molecule has 1 N–H and O–H groups in total. The van der Waals surface area contributed by atoms with Gasteiger partial charge in [0.1, 0.15) is 4.47 Å². The average Bonchev–Trinajstić information content (AvgIpc) is 2.44. The zero-order chi connectivity index (χ0) is 13.8. The molecule has 0 saturated carbocycles. The van der Waals surface area contributed by atoms with Crippen molar-refractivity contribution < 1.29 is 0 Å². The largest absolute Gasteiger partial charge is 0.365 e. The van der Waals surface area contributed by atoms with Crippen LogP contribution in [0.5, 0.6) is 0 Å². The second kappa shape index (κ2) is 6.52. The fourth-order valence-electron chi connectivity index (χ4n) is 2.54. The van der Waals surface area contributed by atoms with Crippen LogP contribution < -0.4 is 15.8 Å². The van der Waals surface area contributed by atoms with Gasteiger partial charge in [0.05, 0.1) is 11.9 Å². The molecule has 1 saturated heterocycles. The van der Waals surface area contributed by atoms with Gasteiger partial charge < -0.3 is 10.2 Å². The predicted molar refractivity (Wildman–Crippen MR) is 80.7 cm³/mol. The van der Waals surface area contributed by atoms with Crippen LogP contribution in [0, 0.1) is 0 Å². The van der Waals surface area contributed by atoms with Crippen LogP contribution in [0.2, 0.25) is 0 Å². The highest BCUT2D eigenvalue weighted by molar-refractivity contribution is 9.10. The summed E-state index contributed by atoms with van der Waals surface area (Å²) in [5.74, 6) is 0. The van der Waals surface area contributed by atoms with E-state index in [0.717, 1.165) is 38.2 Å². The maximum absolute atomic E-state index is 12.0. The molecule has 2 rings (SSSR count). The molecule has 0 aliphatic carbocycles. The van der Waals surface area contributed by atoms with E-state index in [1.54, 1.807) is 13.2 Å². The van der Waals surface area contributed by atoms with Crippen molar-refractivity contribution in [3.05, 3.63) is 21.0 Å². The minimum atomic E-state index is -0.0811. The van der Waals surface area contributed by atoms with Gasteiger partial charge >= 0.3 is 0 Å². The molecular weight excluding hydrogens is 308 g/mol. The van der Waals surface area contributed by atoms with E-state index < -0.39 is 0 Å². The van der Waals surface area contributed by atoms with E-state index in [4.69, 9.17) is 0 Å². The zero-order valence-electron chi connectivity index (χ0n) is 11.5. The number of nitrogens with one attached hydrogen (secondary N) is 1. The summed E-state index contributed by atoms with van der Waals surface area (Å²) >= 11 is 3.43. The Kier molecular flexibility index (Phi) is 4.99. The van der Waals surface area contributed by atoms with Gasteiger partial charge in [-0.3, -0.25) is 4.79 Å². The summed E-state index contributed by atoms with van der Waals surface area (Å²) in [6.45, 7) is 5.17. The van der Waals surface area contributed by atoms with Gasteiger partial charge in [-0.25, -0.2) is 4.68 Å². The summed E-state index contributed by atoms with van der Waals surface area (Å²) in [7, 11) is 1.67. The van der Waals surface area contributed by atoms with Gasteiger partial charge in [-0.15, -0.1) is 0 Å². The topological polar surface area (TPSA) is 50.2 Å². The lowest BCUT2D eigenvalue weighted by Crippen LogP contribution is -2.47. The quantitative estimate of drug-likeness (QED) is 0.910. The van der Waals surface area contributed by atoms with Crippen LogP contribution in [0.4, 0.5) is 5.69 Å². The Morgan fingerprint density at radius 1 is 1.63 bits per heavy atom. The first-order valence-corrected chi connectivity index (χ1v) is 7.63. The van der Waals surface area contributed by atoms with Gasteiger partial charge in [0.25, 0.3) is 5.56 Å². The molecule has 6 heteroatoms. The molecule has 0 amide bonds. The van der Waals surface area contributed by atoms with Crippen LogP contribution in [0.1, 0.15) is 26.2 Å². The summed E-state index contributed by atoms with van der Waals surface area (Å²) in [5.41, 5.74) is 0.834. The summed E-state index contributed by atoms with van der Waals surface area (Å²) in [4.78, 5) is 14.3. The molecule has 1 aromatic rings. The van der Waals surface area contributed by atoms with Gasteiger partial charge in [-0.2, -0.15) is 5.10 Å². The maximum atomic E-state index is 12.0. The van der Waals surface area contributed by atoms with Crippen LogP contribution in [-0.2, 0) is 7.05 Å². The van der Waals surface area contributed by atoms with Crippen molar-refractivity contribution in [3.63, 3.8) is 0 Å². The van der Waals surface area contributed by atoms with Crippen molar-refractivity contribution in [2.24, 2.45) is 7.05 Å². The number of hydrogen-bond donors (Lipinski definition) is 1. The molecule has 19 heavy (non-hydrogen) atoms. The van der Waals surface area contributed by atoms with Gasteiger partial charge in [0, 0.05) is 26.2 Å². The van der Waals surface area contributed by atoms with Crippen molar-refractivity contribution in [2.75, 3.05) is 24.5 Å². The molecule has 0 aromatic carbocycles. The van der Waals surface area contributed by atoms with Crippen LogP contribution in [-0.4, -0.2) is 35.5 Å². The van der Waals surface area contributed by atoms with E-state index in [1.807, 2.05) is 0 Å².